The lowest BCUT2D eigenvalue weighted by Crippen LogP contribution is -2.46. The first kappa shape index (κ1) is 23.3. The molecule has 4 aromatic rings. The Balaban J connectivity index is 1.65. The molecule has 1 atom stereocenters. The summed E-state index contributed by atoms with van der Waals surface area (Å²) in [6, 6.07) is 18.3. The number of urea groups is 1. The van der Waals surface area contributed by atoms with Crippen LogP contribution in [0.4, 0.5) is 14.9 Å². The van der Waals surface area contributed by atoms with Gasteiger partial charge in [0.25, 0.3) is 5.89 Å². The van der Waals surface area contributed by atoms with Gasteiger partial charge < -0.3 is 14.6 Å². The highest BCUT2D eigenvalue weighted by Gasteiger charge is 2.36. The van der Waals surface area contributed by atoms with Crippen LogP contribution in [0, 0.1) is 19.7 Å². The second-order valence-electron chi connectivity index (χ2n) is 8.69. The van der Waals surface area contributed by atoms with Crippen LogP contribution in [-0.4, -0.2) is 23.3 Å². The van der Waals surface area contributed by atoms with Crippen LogP contribution in [-0.2, 0) is 0 Å². The summed E-state index contributed by atoms with van der Waals surface area (Å²) in [4.78, 5) is 19.4. The lowest BCUT2D eigenvalue weighted by Gasteiger charge is -2.35. The minimum atomic E-state index is -0.536. The number of amides is 2. The second-order valence-corrected chi connectivity index (χ2v) is 8.69. The third kappa shape index (κ3) is 4.22. The number of halogens is 1. The lowest BCUT2D eigenvalue weighted by atomic mass is 9.92. The average Bonchev–Trinajstić information content (AvgIpc) is 3.35. The van der Waals surface area contributed by atoms with E-state index in [1.54, 1.807) is 26.2 Å². The Labute approximate surface area is 208 Å². The molecule has 36 heavy (non-hydrogen) atoms. The number of rotatable bonds is 5. The molecule has 2 heterocycles. The van der Waals surface area contributed by atoms with Crippen LogP contribution >= 0.6 is 0 Å². The van der Waals surface area contributed by atoms with Gasteiger partial charge in [0.05, 0.1) is 24.4 Å². The van der Waals surface area contributed by atoms with E-state index in [4.69, 9.17) is 9.26 Å². The third-order valence-corrected chi connectivity index (χ3v) is 6.42. The van der Waals surface area contributed by atoms with Gasteiger partial charge in [0.2, 0.25) is 5.82 Å². The van der Waals surface area contributed by atoms with Gasteiger partial charge in [-0.15, -0.1) is 0 Å². The molecule has 0 bridgehead atoms. The predicted molar refractivity (Wildman–Crippen MR) is 135 cm³/mol. The van der Waals surface area contributed by atoms with Gasteiger partial charge in [0.15, 0.2) is 0 Å². The fourth-order valence-corrected chi connectivity index (χ4v) is 4.33. The monoisotopic (exact) mass is 484 g/mol. The smallest absolute Gasteiger partial charge is 0.327 e. The van der Waals surface area contributed by atoms with Crippen LogP contribution < -0.4 is 15.0 Å². The van der Waals surface area contributed by atoms with Crippen molar-refractivity contribution in [2.45, 2.75) is 26.8 Å². The number of hydrogen-bond donors (Lipinski definition) is 1. The zero-order chi connectivity index (χ0) is 25.4. The summed E-state index contributed by atoms with van der Waals surface area (Å²) < 4.78 is 25.0. The predicted octanol–water partition coefficient (Wildman–Crippen LogP) is 6.20. The molecule has 1 aliphatic heterocycles. The SMILES string of the molecule is COc1ccc(-c2noc(C3=C(C)N(c4cccc(F)c4)C(=O)NC3c3ccc(C)c(C)c3)n2)cc1. The summed E-state index contributed by atoms with van der Waals surface area (Å²) in [5, 5.41) is 7.24. The Hall–Kier alpha value is -4.46. The Morgan fingerprint density at radius 2 is 1.78 bits per heavy atom. The Bertz CT molecular complexity index is 1480. The molecular weight excluding hydrogens is 459 g/mol. The maximum absolute atomic E-state index is 14.0. The number of nitrogens with zero attached hydrogens (tertiary/aromatic N) is 3. The van der Waals surface area contributed by atoms with E-state index in [1.165, 1.54) is 17.0 Å². The first-order valence-electron chi connectivity index (χ1n) is 11.5. The molecule has 0 aliphatic carbocycles. The molecule has 0 fully saturated rings. The number of carbonyl (C=O) groups is 1. The van der Waals surface area contributed by atoms with Crippen LogP contribution in [0.5, 0.6) is 5.75 Å². The number of nitrogens with one attached hydrogen (secondary N) is 1. The summed E-state index contributed by atoms with van der Waals surface area (Å²) in [6.07, 6.45) is 0. The highest BCUT2D eigenvalue weighted by Crippen LogP contribution is 2.39. The van der Waals surface area contributed by atoms with Gasteiger partial charge >= 0.3 is 6.03 Å². The number of ether oxygens (including phenoxy) is 1. The van der Waals surface area contributed by atoms with Crippen LogP contribution in [0.2, 0.25) is 0 Å². The first-order valence-corrected chi connectivity index (χ1v) is 11.5. The number of aryl methyl sites for hydroxylation is 2. The van der Waals surface area contributed by atoms with Crippen molar-refractivity contribution in [2.24, 2.45) is 0 Å². The number of benzene rings is 3. The van der Waals surface area contributed by atoms with Crippen LogP contribution in [0.15, 0.2) is 77.0 Å². The lowest BCUT2D eigenvalue weighted by molar-refractivity contribution is 0.244. The van der Waals surface area contributed by atoms with Crippen LogP contribution in [0.25, 0.3) is 17.0 Å². The van der Waals surface area contributed by atoms with Crippen molar-refractivity contribution in [3.63, 3.8) is 0 Å². The van der Waals surface area contributed by atoms with Crippen molar-refractivity contribution >= 4 is 17.3 Å². The zero-order valence-electron chi connectivity index (χ0n) is 20.4. The Morgan fingerprint density at radius 3 is 2.47 bits per heavy atom. The Kier molecular flexibility index (Phi) is 6.01. The average molecular weight is 485 g/mol. The zero-order valence-corrected chi connectivity index (χ0v) is 20.4. The molecule has 8 heteroatoms. The van der Waals surface area contributed by atoms with Gasteiger partial charge in [-0.05, 0) is 79.9 Å². The van der Waals surface area contributed by atoms with Crippen LogP contribution in [0.1, 0.15) is 35.5 Å². The van der Waals surface area contributed by atoms with Crippen molar-refractivity contribution in [1.29, 1.82) is 0 Å². The van der Waals surface area contributed by atoms with E-state index in [0.717, 1.165) is 28.0 Å². The fraction of sp³-hybridized carbons (Fsp3) is 0.179. The molecule has 1 unspecified atom stereocenters. The maximum Gasteiger partial charge on any atom is 0.327 e. The minimum absolute atomic E-state index is 0.267. The molecular formula is C28H25FN4O3. The van der Waals surface area contributed by atoms with E-state index in [1.807, 2.05) is 56.3 Å². The van der Waals surface area contributed by atoms with E-state index in [-0.39, 0.29) is 11.9 Å². The van der Waals surface area contributed by atoms with Crippen molar-refractivity contribution in [3.05, 3.63) is 101 Å². The normalized spacial score (nSPS) is 15.8. The summed E-state index contributed by atoms with van der Waals surface area (Å²) in [7, 11) is 1.60. The molecule has 0 saturated carbocycles. The van der Waals surface area contributed by atoms with E-state index in [2.05, 4.69) is 15.5 Å². The van der Waals surface area contributed by atoms with Crippen molar-refractivity contribution in [2.75, 3.05) is 12.0 Å². The number of allylic oxidation sites excluding steroid dienone is 1. The third-order valence-electron chi connectivity index (χ3n) is 6.42. The molecule has 1 N–H and O–H groups in total. The molecule has 1 aliphatic rings. The Morgan fingerprint density at radius 1 is 1.00 bits per heavy atom. The summed E-state index contributed by atoms with van der Waals surface area (Å²) in [5.41, 5.74) is 5.47. The summed E-state index contributed by atoms with van der Waals surface area (Å²) >= 11 is 0. The topological polar surface area (TPSA) is 80.5 Å². The molecule has 5 rings (SSSR count). The molecule has 2 amide bonds. The number of methoxy groups -OCH3 is 1. The maximum atomic E-state index is 14.0. The van der Waals surface area contributed by atoms with Gasteiger partial charge in [-0.1, -0.05) is 29.4 Å². The molecule has 3 aromatic carbocycles. The molecule has 7 nitrogen and oxygen atoms in total. The summed E-state index contributed by atoms with van der Waals surface area (Å²) in [6.45, 7) is 5.85. The second kappa shape index (κ2) is 9.30. The number of anilines is 1. The molecule has 0 radical (unpaired) electrons. The summed E-state index contributed by atoms with van der Waals surface area (Å²) in [5.74, 6) is 0.950. The quantitative estimate of drug-likeness (QED) is 0.365. The minimum Gasteiger partial charge on any atom is -0.497 e. The van der Waals surface area contributed by atoms with Gasteiger partial charge in [0, 0.05) is 11.3 Å². The number of aromatic nitrogens is 2. The van der Waals surface area contributed by atoms with Crippen molar-refractivity contribution < 1.29 is 18.4 Å². The number of carbonyl (C=O) groups excluding carboxylic acids is 1. The van der Waals surface area contributed by atoms with E-state index in [9.17, 15) is 9.18 Å². The van der Waals surface area contributed by atoms with Gasteiger partial charge in [-0.2, -0.15) is 4.98 Å². The molecule has 0 saturated heterocycles. The standard InChI is InChI=1S/C28H25FN4O3/c1-16-8-9-20(14-17(16)2)25-24(18(3)33(28(34)30-25)22-7-5-6-21(29)15-22)27-31-26(32-36-27)19-10-12-23(35-4)13-11-19/h5-15,25H,1-4H3,(H,30,34). The highest BCUT2D eigenvalue weighted by molar-refractivity contribution is 6.01. The van der Waals surface area contributed by atoms with Crippen molar-refractivity contribution in [3.8, 4) is 17.1 Å². The molecule has 1 aromatic heterocycles. The van der Waals surface area contributed by atoms with E-state index in [0.29, 0.717) is 22.8 Å². The van der Waals surface area contributed by atoms with E-state index < -0.39 is 11.9 Å². The van der Waals surface area contributed by atoms with Crippen molar-refractivity contribution in [1.82, 2.24) is 15.5 Å². The highest BCUT2D eigenvalue weighted by atomic mass is 19.1. The first-order chi connectivity index (χ1) is 17.4. The molecule has 182 valence electrons. The van der Waals surface area contributed by atoms with E-state index >= 15 is 0 Å². The fourth-order valence-electron chi connectivity index (χ4n) is 4.33. The van der Waals surface area contributed by atoms with Crippen LogP contribution in [0.3, 0.4) is 0 Å². The van der Waals surface area contributed by atoms with Gasteiger partial charge in [0.1, 0.15) is 11.6 Å². The van der Waals surface area contributed by atoms with Gasteiger partial charge in [-0.25, -0.2) is 9.18 Å². The molecule has 0 spiro atoms. The van der Waals surface area contributed by atoms with Gasteiger partial charge in [-0.3, -0.25) is 4.90 Å². The largest absolute Gasteiger partial charge is 0.497 e. The number of hydrogen-bond acceptors (Lipinski definition) is 5.